The Morgan fingerprint density at radius 2 is 2.25 bits per heavy atom. The van der Waals surface area contributed by atoms with Gasteiger partial charge in [-0.1, -0.05) is 12.0 Å². The van der Waals surface area contributed by atoms with Gasteiger partial charge < -0.3 is 9.73 Å². The van der Waals surface area contributed by atoms with Crippen molar-refractivity contribution < 1.29 is 4.42 Å². The lowest BCUT2D eigenvalue weighted by Crippen LogP contribution is -2.11. The number of anilines is 2. The fourth-order valence-electron chi connectivity index (χ4n) is 1.08. The Morgan fingerprint density at radius 3 is 3.00 bits per heavy atom. The van der Waals surface area contributed by atoms with E-state index < -0.39 is 0 Å². The summed E-state index contributed by atoms with van der Waals surface area (Å²) in [6.45, 7) is 3.43. The topological polar surface area (TPSA) is 88.8 Å². The van der Waals surface area contributed by atoms with E-state index in [2.05, 4.69) is 30.8 Å². The lowest BCUT2D eigenvalue weighted by atomic mass is 10.6. The minimum atomic E-state index is 0.313. The molecular weight excluding hydrogens is 208 g/mol. The average molecular weight is 220 g/mol. The van der Waals surface area contributed by atoms with Crippen LogP contribution in [0, 0.1) is 0 Å². The van der Waals surface area contributed by atoms with Crippen LogP contribution in [0.4, 0.5) is 11.8 Å². The molecule has 0 bridgehead atoms. The van der Waals surface area contributed by atoms with Crippen LogP contribution >= 0.6 is 0 Å². The largest absolute Gasteiger partial charge is 0.406 e. The smallest absolute Gasteiger partial charge is 0.321 e. The summed E-state index contributed by atoms with van der Waals surface area (Å²) < 4.78 is 5.33. The Hall–Kier alpha value is -2.02. The first-order chi connectivity index (χ1) is 7.88. The molecule has 0 aliphatic rings. The Bertz CT molecular complexity index is 429. The zero-order valence-electron chi connectivity index (χ0n) is 8.84. The molecule has 0 aromatic carbocycles. The predicted octanol–water partition coefficient (Wildman–Crippen LogP) is 0.713. The van der Waals surface area contributed by atoms with Crippen LogP contribution in [0.3, 0.4) is 0 Å². The fraction of sp³-hybridized carbons (Fsp3) is 0.333. The molecule has 2 aromatic heterocycles. The van der Waals surface area contributed by atoms with Crippen LogP contribution in [-0.2, 0) is 6.54 Å². The quantitative estimate of drug-likeness (QED) is 0.767. The SMILES string of the molecule is CCNCc1nnc(Nc2cnccn2)o1. The normalized spacial score (nSPS) is 10.3. The Morgan fingerprint density at radius 1 is 1.31 bits per heavy atom. The lowest BCUT2D eigenvalue weighted by Gasteiger charge is -1.97. The molecule has 0 unspecified atom stereocenters. The summed E-state index contributed by atoms with van der Waals surface area (Å²) in [4.78, 5) is 7.94. The van der Waals surface area contributed by atoms with Gasteiger partial charge in [0.25, 0.3) is 0 Å². The second-order valence-electron chi connectivity index (χ2n) is 3.00. The average Bonchev–Trinajstić information content (AvgIpc) is 2.75. The highest BCUT2D eigenvalue weighted by Gasteiger charge is 2.05. The van der Waals surface area contributed by atoms with Gasteiger partial charge in [0.15, 0.2) is 5.82 Å². The molecule has 0 spiro atoms. The van der Waals surface area contributed by atoms with E-state index >= 15 is 0 Å². The third kappa shape index (κ3) is 2.74. The third-order valence-corrected chi connectivity index (χ3v) is 1.79. The number of hydrogen-bond acceptors (Lipinski definition) is 7. The summed E-state index contributed by atoms with van der Waals surface area (Å²) in [5, 5.41) is 13.6. The van der Waals surface area contributed by atoms with Crippen LogP contribution in [0.25, 0.3) is 0 Å². The number of aromatic nitrogens is 4. The maximum atomic E-state index is 5.33. The summed E-state index contributed by atoms with van der Waals surface area (Å²) in [7, 11) is 0. The monoisotopic (exact) mass is 220 g/mol. The number of nitrogens with zero attached hydrogens (tertiary/aromatic N) is 4. The van der Waals surface area contributed by atoms with Crippen LogP contribution < -0.4 is 10.6 Å². The van der Waals surface area contributed by atoms with Gasteiger partial charge in [0, 0.05) is 12.4 Å². The molecule has 0 fully saturated rings. The van der Waals surface area contributed by atoms with Gasteiger partial charge >= 0.3 is 6.01 Å². The third-order valence-electron chi connectivity index (χ3n) is 1.79. The molecule has 0 amide bonds. The number of rotatable bonds is 5. The van der Waals surface area contributed by atoms with Crippen molar-refractivity contribution in [3.05, 3.63) is 24.5 Å². The van der Waals surface area contributed by atoms with Gasteiger partial charge in [-0.15, -0.1) is 5.10 Å². The molecular formula is C9H12N6O. The number of hydrogen-bond donors (Lipinski definition) is 2. The van der Waals surface area contributed by atoms with E-state index in [1.807, 2.05) is 6.92 Å². The molecule has 2 rings (SSSR count). The molecule has 7 nitrogen and oxygen atoms in total. The van der Waals surface area contributed by atoms with Gasteiger partial charge in [0.1, 0.15) is 0 Å². The van der Waals surface area contributed by atoms with Crippen molar-refractivity contribution in [3.8, 4) is 0 Å². The molecule has 7 heteroatoms. The molecule has 2 heterocycles. The Balaban J connectivity index is 1.97. The highest BCUT2D eigenvalue weighted by molar-refractivity contribution is 5.42. The second kappa shape index (κ2) is 5.17. The van der Waals surface area contributed by atoms with Crippen molar-refractivity contribution in [1.82, 2.24) is 25.5 Å². The van der Waals surface area contributed by atoms with Gasteiger partial charge in [-0.2, -0.15) is 0 Å². The zero-order valence-corrected chi connectivity index (χ0v) is 8.84. The summed E-state index contributed by atoms with van der Waals surface area (Å²) in [6, 6.07) is 0.313. The number of nitrogens with one attached hydrogen (secondary N) is 2. The molecule has 0 saturated heterocycles. The van der Waals surface area contributed by atoms with Crippen molar-refractivity contribution in [3.63, 3.8) is 0 Å². The first kappa shape index (κ1) is 10.5. The van der Waals surface area contributed by atoms with E-state index in [0.717, 1.165) is 6.54 Å². The van der Waals surface area contributed by atoms with Crippen molar-refractivity contribution >= 4 is 11.8 Å². The van der Waals surface area contributed by atoms with Crippen LogP contribution in [0.5, 0.6) is 0 Å². The summed E-state index contributed by atoms with van der Waals surface area (Å²) in [5.41, 5.74) is 0. The standard InChI is InChI=1S/C9H12N6O/c1-2-10-6-8-14-15-9(16-8)13-7-5-11-3-4-12-7/h3-5,10H,2,6H2,1H3,(H,12,13,15). The summed E-state index contributed by atoms with van der Waals surface area (Å²) in [6.07, 6.45) is 4.75. The van der Waals surface area contributed by atoms with E-state index in [-0.39, 0.29) is 0 Å². The molecule has 16 heavy (non-hydrogen) atoms. The van der Waals surface area contributed by atoms with Gasteiger partial charge in [-0.05, 0) is 6.54 Å². The van der Waals surface area contributed by atoms with Crippen LogP contribution in [0.2, 0.25) is 0 Å². The first-order valence-corrected chi connectivity index (χ1v) is 4.94. The summed E-state index contributed by atoms with van der Waals surface area (Å²) in [5.74, 6) is 1.11. The van der Waals surface area contributed by atoms with Crippen molar-refractivity contribution in [2.24, 2.45) is 0 Å². The van der Waals surface area contributed by atoms with Crippen molar-refractivity contribution in [2.45, 2.75) is 13.5 Å². The van der Waals surface area contributed by atoms with Crippen molar-refractivity contribution in [1.29, 1.82) is 0 Å². The van der Waals surface area contributed by atoms with E-state index in [1.54, 1.807) is 18.6 Å². The molecule has 0 saturated carbocycles. The van der Waals surface area contributed by atoms with Crippen LogP contribution in [0.1, 0.15) is 12.8 Å². The fourth-order valence-corrected chi connectivity index (χ4v) is 1.08. The molecule has 0 aliphatic heterocycles. The predicted molar refractivity (Wildman–Crippen MR) is 57.0 cm³/mol. The van der Waals surface area contributed by atoms with E-state index in [1.165, 1.54) is 0 Å². The molecule has 0 atom stereocenters. The van der Waals surface area contributed by atoms with Crippen LogP contribution in [0.15, 0.2) is 23.0 Å². The maximum Gasteiger partial charge on any atom is 0.321 e. The highest BCUT2D eigenvalue weighted by Crippen LogP contribution is 2.10. The Kier molecular flexibility index (Phi) is 3.39. The highest BCUT2D eigenvalue weighted by atomic mass is 16.4. The van der Waals surface area contributed by atoms with Crippen molar-refractivity contribution in [2.75, 3.05) is 11.9 Å². The zero-order chi connectivity index (χ0) is 11.2. The first-order valence-electron chi connectivity index (χ1n) is 4.94. The summed E-state index contributed by atoms with van der Waals surface area (Å²) >= 11 is 0. The minimum Gasteiger partial charge on any atom is -0.406 e. The molecule has 2 N–H and O–H groups in total. The maximum absolute atomic E-state index is 5.33. The van der Waals surface area contributed by atoms with E-state index in [0.29, 0.717) is 24.3 Å². The van der Waals surface area contributed by atoms with Gasteiger partial charge in [-0.25, -0.2) is 4.98 Å². The van der Waals surface area contributed by atoms with E-state index in [9.17, 15) is 0 Å². The lowest BCUT2D eigenvalue weighted by molar-refractivity contribution is 0.484. The molecule has 2 aromatic rings. The second-order valence-corrected chi connectivity index (χ2v) is 3.00. The van der Waals surface area contributed by atoms with E-state index in [4.69, 9.17) is 4.42 Å². The van der Waals surface area contributed by atoms with Gasteiger partial charge in [-0.3, -0.25) is 10.3 Å². The molecule has 0 aliphatic carbocycles. The van der Waals surface area contributed by atoms with Gasteiger partial charge in [0.2, 0.25) is 5.89 Å². The molecule has 84 valence electrons. The Labute approximate surface area is 92.3 Å². The molecule has 0 radical (unpaired) electrons. The van der Waals surface area contributed by atoms with Gasteiger partial charge in [0.05, 0.1) is 12.7 Å². The minimum absolute atomic E-state index is 0.313. The van der Waals surface area contributed by atoms with Crippen LogP contribution in [-0.4, -0.2) is 26.7 Å².